The fraction of sp³-hybridized carbons (Fsp3) is 0.0800. The van der Waals surface area contributed by atoms with Crippen LogP contribution in [-0.2, 0) is 6.61 Å². The molecule has 4 aromatic rings. The average molecular weight is 368 g/mol. The second kappa shape index (κ2) is 7.97. The van der Waals surface area contributed by atoms with E-state index in [0.29, 0.717) is 17.9 Å². The van der Waals surface area contributed by atoms with Crippen LogP contribution in [0.4, 0.5) is 0 Å². The van der Waals surface area contributed by atoms with Gasteiger partial charge in [0.1, 0.15) is 17.9 Å². The first-order valence-corrected chi connectivity index (χ1v) is 9.17. The van der Waals surface area contributed by atoms with Crippen molar-refractivity contribution in [1.82, 2.24) is 0 Å². The predicted molar refractivity (Wildman–Crippen MR) is 112 cm³/mol. The van der Waals surface area contributed by atoms with Crippen LogP contribution in [-0.4, -0.2) is 5.78 Å². The van der Waals surface area contributed by atoms with Crippen LogP contribution in [0.2, 0.25) is 0 Å². The van der Waals surface area contributed by atoms with Gasteiger partial charge in [-0.1, -0.05) is 60.2 Å². The Labute approximate surface area is 163 Å². The molecule has 0 unspecified atom stereocenters. The molecule has 0 N–H and O–H groups in total. The van der Waals surface area contributed by atoms with Gasteiger partial charge in [0.05, 0.1) is 11.8 Å². The van der Waals surface area contributed by atoms with Gasteiger partial charge in [-0.3, -0.25) is 4.79 Å². The van der Waals surface area contributed by atoms with Crippen molar-refractivity contribution in [1.29, 1.82) is 0 Å². The van der Waals surface area contributed by atoms with Gasteiger partial charge in [-0.25, -0.2) is 0 Å². The lowest BCUT2D eigenvalue weighted by Crippen LogP contribution is -2.03. The summed E-state index contributed by atoms with van der Waals surface area (Å²) < 4.78 is 11.5. The molecule has 0 aliphatic rings. The van der Waals surface area contributed by atoms with E-state index in [2.05, 4.69) is 0 Å². The summed E-state index contributed by atoms with van der Waals surface area (Å²) in [6, 6.07) is 23.3. The van der Waals surface area contributed by atoms with Crippen LogP contribution in [0.5, 0.6) is 5.75 Å². The van der Waals surface area contributed by atoms with E-state index in [0.717, 1.165) is 27.7 Å². The fourth-order valence-corrected chi connectivity index (χ4v) is 3.08. The molecule has 1 heterocycles. The van der Waals surface area contributed by atoms with E-state index in [1.54, 1.807) is 18.4 Å². The first-order chi connectivity index (χ1) is 13.7. The number of fused-ring (bicyclic) bond motifs is 1. The van der Waals surface area contributed by atoms with Gasteiger partial charge >= 0.3 is 0 Å². The van der Waals surface area contributed by atoms with Gasteiger partial charge in [-0.15, -0.1) is 0 Å². The quantitative estimate of drug-likeness (QED) is 0.300. The van der Waals surface area contributed by atoms with E-state index < -0.39 is 0 Å². The first-order valence-electron chi connectivity index (χ1n) is 9.17. The fourth-order valence-electron chi connectivity index (χ4n) is 3.08. The van der Waals surface area contributed by atoms with Crippen molar-refractivity contribution in [3.63, 3.8) is 0 Å². The highest BCUT2D eigenvalue weighted by Crippen LogP contribution is 2.25. The SMILES string of the molecule is Cc1ccc(OCc2ccccc2)c(C(=O)/C=C/c2coc3ccccc23)c1. The third-order valence-electron chi connectivity index (χ3n) is 4.56. The Kier molecular flexibility index (Phi) is 5.07. The first kappa shape index (κ1) is 17.8. The zero-order valence-electron chi connectivity index (χ0n) is 15.6. The van der Waals surface area contributed by atoms with Crippen molar-refractivity contribution in [2.45, 2.75) is 13.5 Å². The minimum atomic E-state index is -0.1000. The lowest BCUT2D eigenvalue weighted by Gasteiger charge is -2.11. The highest BCUT2D eigenvalue weighted by atomic mass is 16.5. The number of hydrogen-bond donors (Lipinski definition) is 0. The van der Waals surface area contributed by atoms with Gasteiger partial charge in [0.15, 0.2) is 5.78 Å². The van der Waals surface area contributed by atoms with Crippen LogP contribution in [0.25, 0.3) is 17.0 Å². The number of aryl methyl sites for hydroxylation is 1. The topological polar surface area (TPSA) is 39.4 Å². The number of benzene rings is 3. The Hall–Kier alpha value is -3.59. The van der Waals surface area contributed by atoms with Crippen LogP contribution in [0.1, 0.15) is 27.0 Å². The molecule has 0 saturated carbocycles. The number of para-hydroxylation sites is 1. The Morgan fingerprint density at radius 3 is 2.64 bits per heavy atom. The maximum absolute atomic E-state index is 12.9. The summed E-state index contributed by atoms with van der Waals surface area (Å²) in [4.78, 5) is 12.9. The largest absolute Gasteiger partial charge is 0.488 e. The van der Waals surface area contributed by atoms with Crippen LogP contribution >= 0.6 is 0 Å². The van der Waals surface area contributed by atoms with Gasteiger partial charge in [0, 0.05) is 10.9 Å². The molecule has 0 amide bonds. The van der Waals surface area contributed by atoms with E-state index >= 15 is 0 Å². The zero-order chi connectivity index (χ0) is 19.3. The molecule has 3 aromatic carbocycles. The van der Waals surface area contributed by atoms with Crippen molar-refractivity contribution >= 4 is 22.8 Å². The lowest BCUT2D eigenvalue weighted by atomic mass is 10.0. The van der Waals surface area contributed by atoms with E-state index in [9.17, 15) is 4.79 Å². The van der Waals surface area contributed by atoms with E-state index in [4.69, 9.17) is 9.15 Å². The Bertz CT molecular complexity index is 1140. The molecule has 3 nitrogen and oxygen atoms in total. The van der Waals surface area contributed by atoms with E-state index in [1.807, 2.05) is 79.7 Å². The molecule has 0 aliphatic heterocycles. The summed E-state index contributed by atoms with van der Waals surface area (Å²) in [5.74, 6) is 0.484. The highest BCUT2D eigenvalue weighted by molar-refractivity contribution is 6.09. The molecule has 0 radical (unpaired) electrons. The summed E-state index contributed by atoms with van der Waals surface area (Å²) in [5, 5.41) is 0.983. The third kappa shape index (κ3) is 3.89. The zero-order valence-corrected chi connectivity index (χ0v) is 15.6. The number of hydrogen-bond acceptors (Lipinski definition) is 3. The van der Waals surface area contributed by atoms with E-state index in [1.165, 1.54) is 0 Å². The molecular weight excluding hydrogens is 348 g/mol. The standard InChI is InChI=1S/C25H20O3/c1-18-11-14-25(27-16-19-7-3-2-4-8-19)22(15-18)23(26)13-12-20-17-28-24-10-6-5-9-21(20)24/h2-15,17H,16H2,1H3/b13-12+. The maximum atomic E-state index is 12.9. The van der Waals surface area contributed by atoms with Gasteiger partial charge in [-0.05, 0) is 42.8 Å². The molecule has 0 spiro atoms. The van der Waals surface area contributed by atoms with Gasteiger partial charge in [0.2, 0.25) is 0 Å². The smallest absolute Gasteiger partial charge is 0.189 e. The average Bonchev–Trinajstić information content (AvgIpc) is 3.15. The van der Waals surface area contributed by atoms with Gasteiger partial charge in [0.25, 0.3) is 0 Å². The molecule has 1 aromatic heterocycles. The highest BCUT2D eigenvalue weighted by Gasteiger charge is 2.11. The number of furan rings is 1. The second-order valence-corrected chi connectivity index (χ2v) is 6.66. The van der Waals surface area contributed by atoms with Crippen LogP contribution in [0.3, 0.4) is 0 Å². The van der Waals surface area contributed by atoms with Crippen molar-refractivity contribution in [3.05, 3.63) is 107 Å². The molecule has 4 rings (SSSR count). The number of carbonyl (C=O) groups is 1. The molecule has 28 heavy (non-hydrogen) atoms. The summed E-state index contributed by atoms with van der Waals surface area (Å²) in [5.41, 5.74) is 4.31. The van der Waals surface area contributed by atoms with Crippen LogP contribution < -0.4 is 4.74 Å². The minimum absolute atomic E-state index is 0.1000. The van der Waals surface area contributed by atoms with Crippen molar-refractivity contribution < 1.29 is 13.9 Å². The van der Waals surface area contributed by atoms with Crippen molar-refractivity contribution in [2.24, 2.45) is 0 Å². The molecule has 3 heteroatoms. The van der Waals surface area contributed by atoms with Gasteiger partial charge in [-0.2, -0.15) is 0 Å². The monoisotopic (exact) mass is 368 g/mol. The minimum Gasteiger partial charge on any atom is -0.488 e. The van der Waals surface area contributed by atoms with Crippen molar-refractivity contribution in [3.8, 4) is 5.75 Å². The number of carbonyl (C=O) groups excluding carboxylic acids is 1. The van der Waals surface area contributed by atoms with Crippen LogP contribution in [0.15, 0.2) is 89.6 Å². The second-order valence-electron chi connectivity index (χ2n) is 6.66. The third-order valence-corrected chi connectivity index (χ3v) is 4.56. The molecular formula is C25H20O3. The van der Waals surface area contributed by atoms with Crippen molar-refractivity contribution in [2.75, 3.05) is 0 Å². The molecule has 0 aliphatic carbocycles. The summed E-state index contributed by atoms with van der Waals surface area (Å²) in [6.07, 6.45) is 5.02. The molecule has 0 atom stereocenters. The maximum Gasteiger partial charge on any atom is 0.189 e. The summed E-state index contributed by atoms with van der Waals surface area (Å²) in [6.45, 7) is 2.38. The molecule has 0 fully saturated rings. The molecule has 138 valence electrons. The molecule has 0 bridgehead atoms. The Morgan fingerprint density at radius 2 is 1.79 bits per heavy atom. The number of ether oxygens (including phenoxy) is 1. The predicted octanol–water partition coefficient (Wildman–Crippen LogP) is 6.22. The Morgan fingerprint density at radius 1 is 1.00 bits per heavy atom. The number of allylic oxidation sites excluding steroid dienone is 1. The number of rotatable bonds is 6. The summed E-state index contributed by atoms with van der Waals surface area (Å²) in [7, 11) is 0. The van der Waals surface area contributed by atoms with E-state index in [-0.39, 0.29) is 5.78 Å². The lowest BCUT2D eigenvalue weighted by molar-refractivity contribution is 0.104. The van der Waals surface area contributed by atoms with Crippen LogP contribution in [0, 0.1) is 6.92 Å². The Balaban J connectivity index is 1.57. The normalized spacial score (nSPS) is 11.2. The van der Waals surface area contributed by atoms with Gasteiger partial charge < -0.3 is 9.15 Å². The number of ketones is 1. The molecule has 0 saturated heterocycles. The summed E-state index contributed by atoms with van der Waals surface area (Å²) >= 11 is 0.